The Kier molecular flexibility index (Phi) is 4.99. The number of thiophene rings is 1. The van der Waals surface area contributed by atoms with Gasteiger partial charge in [0.15, 0.2) is 17.3 Å². The van der Waals surface area contributed by atoms with E-state index in [4.69, 9.17) is 9.47 Å². The minimum absolute atomic E-state index is 0.166. The normalized spacial score (nSPS) is 23.1. The van der Waals surface area contributed by atoms with Gasteiger partial charge in [-0.05, 0) is 55.8 Å². The number of hydrogen-bond acceptors (Lipinski definition) is 6. The van der Waals surface area contributed by atoms with Crippen molar-refractivity contribution in [2.24, 2.45) is 5.92 Å². The highest BCUT2D eigenvalue weighted by molar-refractivity contribution is 7.12. The summed E-state index contributed by atoms with van der Waals surface area (Å²) < 4.78 is 10.9. The van der Waals surface area contributed by atoms with Crippen molar-refractivity contribution in [1.29, 1.82) is 0 Å². The van der Waals surface area contributed by atoms with E-state index in [0.29, 0.717) is 18.6 Å². The molecule has 1 aromatic carbocycles. The lowest BCUT2D eigenvalue weighted by molar-refractivity contribution is 0.0723. The van der Waals surface area contributed by atoms with Gasteiger partial charge in [-0.1, -0.05) is 6.07 Å². The Balaban J connectivity index is 1.19. The highest BCUT2D eigenvalue weighted by atomic mass is 32.1. The number of fused-ring (bicyclic) bond motifs is 1. The van der Waals surface area contributed by atoms with Gasteiger partial charge in [-0.25, -0.2) is 0 Å². The van der Waals surface area contributed by atoms with Crippen LogP contribution in [0.5, 0.6) is 11.5 Å². The number of hydrogen-bond donors (Lipinski definition) is 0. The van der Waals surface area contributed by atoms with Gasteiger partial charge in [-0.15, -0.1) is 11.3 Å². The standard InChI is InChI=1S/C22H26N2O3S/c25-22(21-4-2-12-28-21)16-3-1-9-24(14-16)17-7-10-23(11-8-17)18-5-6-19-20(13-18)27-15-26-19/h2,4-6,12-13,16-17H,1,3,7-11,14-15H2. The Hall–Kier alpha value is -2.05. The summed E-state index contributed by atoms with van der Waals surface area (Å²) in [4.78, 5) is 18.7. The molecule has 0 spiro atoms. The maximum Gasteiger partial charge on any atom is 0.231 e. The molecule has 4 heterocycles. The zero-order valence-electron chi connectivity index (χ0n) is 16.0. The minimum Gasteiger partial charge on any atom is -0.454 e. The summed E-state index contributed by atoms with van der Waals surface area (Å²) in [6.45, 7) is 4.46. The fourth-order valence-electron chi connectivity index (χ4n) is 4.74. The molecule has 0 bridgehead atoms. The number of ether oxygens (including phenoxy) is 2. The van der Waals surface area contributed by atoms with E-state index in [1.807, 2.05) is 23.6 Å². The van der Waals surface area contributed by atoms with Crippen LogP contribution in [-0.4, -0.2) is 49.7 Å². The van der Waals surface area contributed by atoms with Crippen molar-refractivity contribution < 1.29 is 14.3 Å². The van der Waals surface area contributed by atoms with Crippen LogP contribution < -0.4 is 14.4 Å². The molecule has 3 aliphatic heterocycles. The van der Waals surface area contributed by atoms with E-state index in [0.717, 1.165) is 68.2 Å². The second-order valence-electron chi connectivity index (χ2n) is 7.93. The second kappa shape index (κ2) is 7.76. The summed E-state index contributed by atoms with van der Waals surface area (Å²) in [6.07, 6.45) is 4.45. The zero-order valence-corrected chi connectivity index (χ0v) is 16.8. The predicted octanol–water partition coefficient (Wildman–Crippen LogP) is 4.04. The fourth-order valence-corrected chi connectivity index (χ4v) is 5.49. The molecule has 6 heteroatoms. The molecule has 5 nitrogen and oxygen atoms in total. The van der Waals surface area contributed by atoms with Crippen molar-refractivity contribution >= 4 is 22.8 Å². The van der Waals surface area contributed by atoms with Crippen LogP contribution in [0.25, 0.3) is 0 Å². The lowest BCUT2D eigenvalue weighted by Gasteiger charge is -2.42. The molecule has 28 heavy (non-hydrogen) atoms. The highest BCUT2D eigenvalue weighted by Gasteiger charge is 2.32. The van der Waals surface area contributed by atoms with Crippen LogP contribution in [0.4, 0.5) is 5.69 Å². The minimum atomic E-state index is 0.166. The number of likely N-dealkylation sites (tertiary alicyclic amines) is 1. The maximum absolute atomic E-state index is 12.8. The van der Waals surface area contributed by atoms with Crippen LogP contribution in [0.1, 0.15) is 35.4 Å². The molecule has 148 valence electrons. The van der Waals surface area contributed by atoms with Crippen LogP contribution in [0.2, 0.25) is 0 Å². The first-order chi connectivity index (χ1) is 13.8. The number of anilines is 1. The molecule has 0 N–H and O–H groups in total. The summed E-state index contributed by atoms with van der Waals surface area (Å²) in [7, 11) is 0. The van der Waals surface area contributed by atoms with Crippen molar-refractivity contribution in [2.75, 3.05) is 37.9 Å². The molecule has 2 fully saturated rings. The van der Waals surface area contributed by atoms with E-state index in [1.54, 1.807) is 11.3 Å². The number of Topliss-reactive ketones (excluding diaryl/α,β-unsaturated/α-hetero) is 1. The maximum atomic E-state index is 12.8. The van der Waals surface area contributed by atoms with Gasteiger partial charge < -0.3 is 14.4 Å². The summed E-state index contributed by atoms with van der Waals surface area (Å²) in [5.74, 6) is 2.20. The lowest BCUT2D eigenvalue weighted by Crippen LogP contribution is -2.49. The van der Waals surface area contributed by atoms with Crippen LogP contribution in [0.3, 0.4) is 0 Å². The van der Waals surface area contributed by atoms with Crippen molar-refractivity contribution in [1.82, 2.24) is 4.90 Å². The largest absolute Gasteiger partial charge is 0.454 e. The number of carbonyl (C=O) groups is 1. The molecule has 1 aromatic heterocycles. The number of rotatable bonds is 4. The lowest BCUT2D eigenvalue weighted by atomic mass is 9.90. The number of carbonyl (C=O) groups excluding carboxylic acids is 1. The molecular formula is C22H26N2O3S. The first-order valence-electron chi connectivity index (χ1n) is 10.2. The SMILES string of the molecule is O=C(c1cccs1)C1CCCN(C2CCN(c3ccc4c(c3)OCO4)CC2)C1. The van der Waals surface area contributed by atoms with Gasteiger partial charge in [0.1, 0.15) is 0 Å². The quantitative estimate of drug-likeness (QED) is 0.727. The summed E-state index contributed by atoms with van der Waals surface area (Å²) in [5.41, 5.74) is 1.21. The van der Waals surface area contributed by atoms with E-state index in [-0.39, 0.29) is 5.92 Å². The Morgan fingerprint density at radius 1 is 1.04 bits per heavy atom. The molecule has 2 saturated heterocycles. The van der Waals surface area contributed by atoms with E-state index >= 15 is 0 Å². The monoisotopic (exact) mass is 398 g/mol. The highest BCUT2D eigenvalue weighted by Crippen LogP contribution is 2.36. The van der Waals surface area contributed by atoms with Gasteiger partial charge in [0.2, 0.25) is 6.79 Å². The molecule has 0 aliphatic carbocycles. The van der Waals surface area contributed by atoms with Crippen LogP contribution in [0, 0.1) is 5.92 Å². The summed E-state index contributed by atoms with van der Waals surface area (Å²) in [6, 6.07) is 10.8. The first kappa shape index (κ1) is 18.0. The molecule has 1 unspecified atom stereocenters. The van der Waals surface area contributed by atoms with Crippen molar-refractivity contribution in [2.45, 2.75) is 31.7 Å². The van der Waals surface area contributed by atoms with E-state index in [2.05, 4.69) is 21.9 Å². The van der Waals surface area contributed by atoms with Crippen LogP contribution in [0.15, 0.2) is 35.7 Å². The number of piperidine rings is 2. The summed E-state index contributed by atoms with van der Waals surface area (Å²) in [5, 5.41) is 2.00. The number of ketones is 1. The molecule has 5 rings (SSSR count). The van der Waals surface area contributed by atoms with Crippen molar-refractivity contribution in [3.05, 3.63) is 40.6 Å². The molecule has 3 aliphatic rings. The van der Waals surface area contributed by atoms with Crippen molar-refractivity contribution in [3.8, 4) is 11.5 Å². The third-order valence-electron chi connectivity index (χ3n) is 6.29. The summed E-state index contributed by atoms with van der Waals surface area (Å²) >= 11 is 1.57. The topological polar surface area (TPSA) is 42.0 Å². The smallest absolute Gasteiger partial charge is 0.231 e. The Morgan fingerprint density at radius 2 is 1.89 bits per heavy atom. The van der Waals surface area contributed by atoms with Crippen LogP contribution >= 0.6 is 11.3 Å². The van der Waals surface area contributed by atoms with Gasteiger partial charge in [0.25, 0.3) is 0 Å². The second-order valence-corrected chi connectivity index (χ2v) is 8.88. The molecule has 2 aromatic rings. The Labute approximate surface area is 169 Å². The predicted molar refractivity (Wildman–Crippen MR) is 111 cm³/mol. The third kappa shape index (κ3) is 3.51. The van der Waals surface area contributed by atoms with Gasteiger partial charge in [0.05, 0.1) is 4.88 Å². The Bertz CT molecular complexity index is 830. The van der Waals surface area contributed by atoms with Gasteiger partial charge in [0, 0.05) is 43.3 Å². The van der Waals surface area contributed by atoms with E-state index in [1.165, 1.54) is 5.69 Å². The van der Waals surface area contributed by atoms with Crippen molar-refractivity contribution in [3.63, 3.8) is 0 Å². The van der Waals surface area contributed by atoms with Gasteiger partial charge in [-0.2, -0.15) is 0 Å². The molecule has 1 atom stereocenters. The van der Waals surface area contributed by atoms with Crippen LogP contribution in [-0.2, 0) is 0 Å². The number of benzene rings is 1. The molecular weight excluding hydrogens is 372 g/mol. The Morgan fingerprint density at radius 3 is 2.71 bits per heavy atom. The molecule has 0 saturated carbocycles. The average Bonchev–Trinajstić information content (AvgIpc) is 3.45. The molecule has 0 radical (unpaired) electrons. The van der Waals surface area contributed by atoms with Gasteiger partial charge in [-0.3, -0.25) is 9.69 Å². The zero-order chi connectivity index (χ0) is 18.9. The van der Waals surface area contributed by atoms with E-state index < -0.39 is 0 Å². The average molecular weight is 399 g/mol. The third-order valence-corrected chi connectivity index (χ3v) is 7.17. The van der Waals surface area contributed by atoms with Gasteiger partial charge >= 0.3 is 0 Å². The molecule has 0 amide bonds. The van der Waals surface area contributed by atoms with E-state index in [9.17, 15) is 4.79 Å². The first-order valence-corrected chi connectivity index (χ1v) is 11.1. The fraction of sp³-hybridized carbons (Fsp3) is 0.500. The number of nitrogens with zero attached hydrogens (tertiary/aromatic N) is 2.